The molecule has 0 N–H and O–H groups in total. The number of benzene rings is 2. The van der Waals surface area contributed by atoms with Gasteiger partial charge in [0, 0.05) is 17.2 Å². The molecule has 0 radical (unpaired) electrons. The van der Waals surface area contributed by atoms with Crippen LogP contribution < -0.4 is 0 Å². The number of Topliss-reactive ketones (excluding diaryl/α,β-unsaturated/α-hetero) is 1. The van der Waals surface area contributed by atoms with E-state index in [4.69, 9.17) is 5.26 Å². The summed E-state index contributed by atoms with van der Waals surface area (Å²) in [6.45, 7) is 0. The van der Waals surface area contributed by atoms with Crippen LogP contribution in [0.4, 0.5) is 8.78 Å². The van der Waals surface area contributed by atoms with Gasteiger partial charge in [0.15, 0.2) is 5.78 Å². The summed E-state index contributed by atoms with van der Waals surface area (Å²) >= 11 is 0. The number of nitriles is 1. The van der Waals surface area contributed by atoms with E-state index in [1.165, 1.54) is 0 Å². The highest BCUT2D eigenvalue weighted by Gasteiger charge is 2.24. The molecule has 0 amide bonds. The van der Waals surface area contributed by atoms with Crippen molar-refractivity contribution in [3.05, 3.63) is 71.3 Å². The Hall–Kier alpha value is -2.54. The Morgan fingerprint density at radius 3 is 2.37 bits per heavy atom. The van der Waals surface area contributed by atoms with Gasteiger partial charge in [-0.05, 0) is 6.07 Å². The van der Waals surface area contributed by atoms with Crippen LogP contribution in [0.15, 0.2) is 48.5 Å². The Morgan fingerprint density at radius 1 is 1.11 bits per heavy atom. The average Bonchev–Trinajstić information content (AvgIpc) is 2.42. The van der Waals surface area contributed by atoms with Crippen LogP contribution in [-0.4, -0.2) is 5.78 Å². The minimum absolute atomic E-state index is 0.113. The van der Waals surface area contributed by atoms with Gasteiger partial charge in [0.25, 0.3) is 0 Å². The summed E-state index contributed by atoms with van der Waals surface area (Å²) in [5, 5.41) is 9.07. The van der Waals surface area contributed by atoms with Gasteiger partial charge in [-0.15, -0.1) is 0 Å². The Labute approximate surface area is 108 Å². The number of hydrogen-bond donors (Lipinski definition) is 0. The molecule has 1 unspecified atom stereocenters. The van der Waals surface area contributed by atoms with E-state index in [-0.39, 0.29) is 5.56 Å². The Bertz CT molecular complexity index is 647. The molecule has 0 aliphatic carbocycles. The van der Waals surface area contributed by atoms with Crippen LogP contribution >= 0.6 is 0 Å². The Morgan fingerprint density at radius 2 is 1.79 bits per heavy atom. The molecule has 2 aromatic rings. The van der Waals surface area contributed by atoms with Gasteiger partial charge in [-0.25, -0.2) is 8.78 Å². The van der Waals surface area contributed by atoms with Crippen molar-refractivity contribution in [3.8, 4) is 6.07 Å². The number of ketones is 1. The normalized spacial score (nSPS) is 11.6. The molecular formula is C15H9F2NO. The predicted molar refractivity (Wildman–Crippen MR) is 65.5 cm³/mol. The zero-order valence-electron chi connectivity index (χ0n) is 9.81. The first-order chi connectivity index (χ1) is 9.13. The SMILES string of the molecule is N#CC(C(=O)c1ccccc1)c1ccc(F)cc1F. The molecule has 19 heavy (non-hydrogen) atoms. The molecule has 0 saturated carbocycles. The monoisotopic (exact) mass is 257 g/mol. The van der Waals surface area contributed by atoms with Crippen molar-refractivity contribution in [1.82, 2.24) is 0 Å². The first-order valence-electron chi connectivity index (χ1n) is 5.57. The molecule has 0 aromatic heterocycles. The van der Waals surface area contributed by atoms with Gasteiger partial charge in [-0.1, -0.05) is 36.4 Å². The number of carbonyl (C=O) groups excluding carboxylic acids is 1. The maximum absolute atomic E-state index is 13.6. The third kappa shape index (κ3) is 2.66. The fourth-order valence-electron chi connectivity index (χ4n) is 1.77. The standard InChI is InChI=1S/C15H9F2NO/c16-11-6-7-12(14(17)8-11)13(9-18)15(19)10-4-2-1-3-5-10/h1-8,13H. The maximum Gasteiger partial charge on any atom is 0.184 e. The quantitative estimate of drug-likeness (QED) is 0.790. The van der Waals surface area contributed by atoms with Crippen molar-refractivity contribution in [2.75, 3.05) is 0 Å². The van der Waals surface area contributed by atoms with E-state index in [0.29, 0.717) is 11.6 Å². The van der Waals surface area contributed by atoms with E-state index < -0.39 is 23.3 Å². The molecule has 0 fully saturated rings. The topological polar surface area (TPSA) is 40.9 Å². The van der Waals surface area contributed by atoms with Gasteiger partial charge in [0.1, 0.15) is 17.6 Å². The molecule has 4 heteroatoms. The van der Waals surface area contributed by atoms with Crippen LogP contribution in [0, 0.1) is 23.0 Å². The summed E-state index contributed by atoms with van der Waals surface area (Å²) in [5.74, 6) is -3.42. The molecule has 94 valence electrons. The molecule has 0 spiro atoms. The second kappa shape index (κ2) is 5.40. The van der Waals surface area contributed by atoms with Crippen LogP contribution in [0.25, 0.3) is 0 Å². The fourth-order valence-corrected chi connectivity index (χ4v) is 1.77. The lowest BCUT2D eigenvalue weighted by atomic mass is 9.91. The molecule has 2 nitrogen and oxygen atoms in total. The number of carbonyl (C=O) groups is 1. The summed E-state index contributed by atoms with van der Waals surface area (Å²) < 4.78 is 26.5. The minimum Gasteiger partial charge on any atom is -0.292 e. The van der Waals surface area contributed by atoms with Gasteiger partial charge in [-0.2, -0.15) is 5.26 Å². The number of nitrogens with zero attached hydrogens (tertiary/aromatic N) is 1. The lowest BCUT2D eigenvalue weighted by Crippen LogP contribution is -2.12. The highest BCUT2D eigenvalue weighted by atomic mass is 19.1. The van der Waals surface area contributed by atoms with E-state index in [9.17, 15) is 13.6 Å². The highest BCUT2D eigenvalue weighted by Crippen LogP contribution is 2.23. The number of rotatable bonds is 3. The predicted octanol–water partition coefficient (Wildman–Crippen LogP) is 3.45. The third-order valence-electron chi connectivity index (χ3n) is 2.72. The largest absolute Gasteiger partial charge is 0.292 e. The van der Waals surface area contributed by atoms with Crippen molar-refractivity contribution in [2.24, 2.45) is 0 Å². The molecule has 0 saturated heterocycles. The molecule has 2 aromatic carbocycles. The second-order valence-electron chi connectivity index (χ2n) is 3.96. The van der Waals surface area contributed by atoms with Crippen LogP contribution in [0.5, 0.6) is 0 Å². The van der Waals surface area contributed by atoms with Gasteiger partial charge < -0.3 is 0 Å². The van der Waals surface area contributed by atoms with Crippen LogP contribution in [0.2, 0.25) is 0 Å². The van der Waals surface area contributed by atoms with Gasteiger partial charge >= 0.3 is 0 Å². The fraction of sp³-hybridized carbons (Fsp3) is 0.0667. The molecule has 2 rings (SSSR count). The first-order valence-corrected chi connectivity index (χ1v) is 5.57. The van der Waals surface area contributed by atoms with Gasteiger partial charge in [0.2, 0.25) is 0 Å². The summed E-state index contributed by atoms with van der Waals surface area (Å²) in [7, 11) is 0. The smallest absolute Gasteiger partial charge is 0.184 e. The third-order valence-corrected chi connectivity index (χ3v) is 2.72. The van der Waals surface area contributed by atoms with Crippen LogP contribution in [-0.2, 0) is 0 Å². The van der Waals surface area contributed by atoms with Crippen molar-refractivity contribution in [3.63, 3.8) is 0 Å². The van der Waals surface area contributed by atoms with E-state index in [1.54, 1.807) is 36.4 Å². The number of hydrogen-bond acceptors (Lipinski definition) is 2. The van der Waals surface area contributed by atoms with E-state index >= 15 is 0 Å². The maximum atomic E-state index is 13.6. The Kier molecular flexibility index (Phi) is 3.67. The van der Waals surface area contributed by atoms with Crippen LogP contribution in [0.3, 0.4) is 0 Å². The Balaban J connectivity index is 2.41. The molecule has 0 bridgehead atoms. The van der Waals surface area contributed by atoms with E-state index in [0.717, 1.165) is 12.1 Å². The lowest BCUT2D eigenvalue weighted by molar-refractivity contribution is 0.0977. The van der Waals surface area contributed by atoms with Crippen molar-refractivity contribution in [1.29, 1.82) is 5.26 Å². The van der Waals surface area contributed by atoms with E-state index in [2.05, 4.69) is 0 Å². The zero-order chi connectivity index (χ0) is 13.8. The van der Waals surface area contributed by atoms with Crippen molar-refractivity contribution >= 4 is 5.78 Å². The summed E-state index contributed by atoms with van der Waals surface area (Å²) in [4.78, 5) is 12.1. The van der Waals surface area contributed by atoms with E-state index in [1.807, 2.05) is 0 Å². The van der Waals surface area contributed by atoms with Crippen LogP contribution in [0.1, 0.15) is 21.8 Å². The minimum atomic E-state index is -1.28. The highest BCUT2D eigenvalue weighted by molar-refractivity contribution is 6.02. The summed E-state index contributed by atoms with van der Waals surface area (Å²) in [6.07, 6.45) is 0. The average molecular weight is 257 g/mol. The first kappa shape index (κ1) is 12.9. The molecule has 1 atom stereocenters. The van der Waals surface area contributed by atoms with Crippen molar-refractivity contribution < 1.29 is 13.6 Å². The summed E-state index contributed by atoms with van der Waals surface area (Å²) in [5.41, 5.74) is 0.204. The molecule has 0 aliphatic heterocycles. The lowest BCUT2D eigenvalue weighted by Gasteiger charge is -2.09. The molecular weight excluding hydrogens is 248 g/mol. The molecule has 0 heterocycles. The van der Waals surface area contributed by atoms with Crippen molar-refractivity contribution in [2.45, 2.75) is 5.92 Å². The van der Waals surface area contributed by atoms with Gasteiger partial charge in [0.05, 0.1) is 6.07 Å². The number of halogens is 2. The zero-order valence-corrected chi connectivity index (χ0v) is 9.81. The molecule has 0 aliphatic rings. The van der Waals surface area contributed by atoms with Gasteiger partial charge in [-0.3, -0.25) is 4.79 Å². The summed E-state index contributed by atoms with van der Waals surface area (Å²) in [6, 6.07) is 12.7. The second-order valence-corrected chi connectivity index (χ2v) is 3.96.